The van der Waals surface area contributed by atoms with Crippen molar-refractivity contribution in [3.8, 4) is 22.5 Å². The number of alkyl halides is 5. The zero-order valence-electron chi connectivity index (χ0n) is 19.1. The lowest BCUT2D eigenvalue weighted by molar-refractivity contribution is -0.241. The number of hydrogen-bond acceptors (Lipinski definition) is 7. The Kier molecular flexibility index (Phi) is 6.99. The molecule has 4 rings (SSSR count). The van der Waals surface area contributed by atoms with Gasteiger partial charge in [0, 0.05) is 17.5 Å². The SMILES string of the molecule is CCCc1noc(NS(=O)(=O)C(F)(F)C(F)(F)F)c1Cc1ccc(-c2ccccc2-c2nnn[nH]2)cc1. The van der Waals surface area contributed by atoms with Gasteiger partial charge in [0.15, 0.2) is 5.82 Å². The van der Waals surface area contributed by atoms with Crippen LogP contribution in [0.3, 0.4) is 0 Å². The van der Waals surface area contributed by atoms with Crippen LogP contribution in [0.4, 0.5) is 27.8 Å². The summed E-state index contributed by atoms with van der Waals surface area (Å²) in [6, 6.07) is 14.3. The van der Waals surface area contributed by atoms with Crippen LogP contribution >= 0.6 is 0 Å². The number of aromatic amines is 1. The predicted molar refractivity (Wildman–Crippen MR) is 122 cm³/mol. The maximum atomic E-state index is 13.6. The maximum absolute atomic E-state index is 13.6. The van der Waals surface area contributed by atoms with E-state index in [1.807, 2.05) is 24.3 Å². The average molecular weight is 542 g/mol. The Balaban J connectivity index is 1.64. The van der Waals surface area contributed by atoms with Crippen LogP contribution in [-0.2, 0) is 22.9 Å². The molecule has 2 N–H and O–H groups in total. The van der Waals surface area contributed by atoms with E-state index in [9.17, 15) is 30.4 Å². The Hall–Kier alpha value is -3.88. The molecule has 0 fully saturated rings. The number of rotatable bonds is 9. The number of sulfonamides is 1. The zero-order valence-corrected chi connectivity index (χ0v) is 19.9. The number of aromatic nitrogens is 5. The second-order valence-corrected chi connectivity index (χ2v) is 9.70. The molecule has 2 aromatic carbocycles. The molecule has 15 heteroatoms. The Bertz CT molecular complexity index is 1470. The summed E-state index contributed by atoms with van der Waals surface area (Å²) in [4.78, 5) is 0. The summed E-state index contributed by atoms with van der Waals surface area (Å²) in [5, 5.41) is 11.4. The van der Waals surface area contributed by atoms with Crippen molar-refractivity contribution in [2.24, 2.45) is 0 Å². The highest BCUT2D eigenvalue weighted by Crippen LogP contribution is 2.41. The Morgan fingerprint density at radius 2 is 1.68 bits per heavy atom. The summed E-state index contributed by atoms with van der Waals surface area (Å²) in [7, 11) is -6.22. The van der Waals surface area contributed by atoms with E-state index in [0.717, 1.165) is 16.7 Å². The molecule has 0 radical (unpaired) electrons. The number of H-pyrrole nitrogens is 1. The summed E-state index contributed by atoms with van der Waals surface area (Å²) in [5.41, 5.74) is 3.25. The third-order valence-corrected chi connectivity index (χ3v) is 6.78. The Morgan fingerprint density at radius 1 is 1.00 bits per heavy atom. The van der Waals surface area contributed by atoms with E-state index in [1.165, 1.54) is 4.72 Å². The second kappa shape index (κ2) is 9.88. The molecule has 2 aromatic heterocycles. The molecule has 0 bridgehead atoms. The van der Waals surface area contributed by atoms with Gasteiger partial charge in [0.25, 0.3) is 0 Å². The number of aryl methyl sites for hydroxylation is 1. The minimum absolute atomic E-state index is 0.0395. The number of halogens is 5. The van der Waals surface area contributed by atoms with Gasteiger partial charge < -0.3 is 4.52 Å². The van der Waals surface area contributed by atoms with Crippen LogP contribution in [0.5, 0.6) is 0 Å². The van der Waals surface area contributed by atoms with E-state index < -0.39 is 27.3 Å². The van der Waals surface area contributed by atoms with Crippen molar-refractivity contribution < 1.29 is 34.9 Å². The Morgan fingerprint density at radius 3 is 2.27 bits per heavy atom. The highest BCUT2D eigenvalue weighted by atomic mass is 32.2. The third kappa shape index (κ3) is 5.16. The molecule has 0 saturated heterocycles. The number of nitrogens with zero attached hydrogens (tertiary/aromatic N) is 4. The lowest BCUT2D eigenvalue weighted by Gasteiger charge is -2.19. The average Bonchev–Trinajstić information content (AvgIpc) is 3.50. The van der Waals surface area contributed by atoms with Gasteiger partial charge in [0.1, 0.15) is 0 Å². The van der Waals surface area contributed by atoms with Crippen molar-refractivity contribution in [1.82, 2.24) is 25.8 Å². The first kappa shape index (κ1) is 26.2. The smallest absolute Gasteiger partial charge is 0.337 e. The molecule has 0 aliphatic heterocycles. The van der Waals surface area contributed by atoms with Gasteiger partial charge in [-0.3, -0.25) is 0 Å². The van der Waals surface area contributed by atoms with Crippen molar-refractivity contribution in [1.29, 1.82) is 0 Å². The molecule has 9 nitrogen and oxygen atoms in total. The zero-order chi connectivity index (χ0) is 26.8. The lowest BCUT2D eigenvalue weighted by Crippen LogP contribution is -2.46. The third-order valence-electron chi connectivity index (χ3n) is 5.42. The first-order valence-corrected chi connectivity index (χ1v) is 12.3. The minimum Gasteiger partial charge on any atom is -0.337 e. The van der Waals surface area contributed by atoms with E-state index in [0.29, 0.717) is 17.8 Å². The van der Waals surface area contributed by atoms with Gasteiger partial charge >= 0.3 is 21.5 Å². The summed E-state index contributed by atoms with van der Waals surface area (Å²) in [5.74, 6) is -0.333. The first-order valence-electron chi connectivity index (χ1n) is 10.8. The number of nitrogens with one attached hydrogen (secondary N) is 2. The summed E-state index contributed by atoms with van der Waals surface area (Å²) >= 11 is 0. The number of hydrogen-bond donors (Lipinski definition) is 2. The van der Waals surface area contributed by atoms with E-state index in [-0.39, 0.29) is 24.1 Å². The van der Waals surface area contributed by atoms with Gasteiger partial charge in [0.2, 0.25) is 5.88 Å². The summed E-state index contributed by atoms with van der Waals surface area (Å²) in [6.07, 6.45) is -5.54. The standard InChI is InChI=1S/C22H19F5N6O3S/c1-2-5-18-17(20(36-30-18)31-37(34,35)22(26,27)21(23,24)25)12-13-8-10-14(11-9-13)15-6-3-4-7-16(15)19-28-32-33-29-19/h3-4,6-11,31H,2,5,12H2,1H3,(H,28,29,32,33). The summed E-state index contributed by atoms with van der Waals surface area (Å²) < 4.78 is 95.1. The predicted octanol–water partition coefficient (Wildman–Crippen LogP) is 4.96. The largest absolute Gasteiger partial charge is 0.471 e. The normalized spacial score (nSPS) is 12.6. The molecule has 37 heavy (non-hydrogen) atoms. The maximum Gasteiger partial charge on any atom is 0.471 e. The highest BCUT2D eigenvalue weighted by molar-refractivity contribution is 7.93. The minimum atomic E-state index is -6.32. The second-order valence-electron chi connectivity index (χ2n) is 7.98. The summed E-state index contributed by atoms with van der Waals surface area (Å²) in [6.45, 7) is 1.79. The molecule has 196 valence electrons. The number of benzene rings is 2. The molecular weight excluding hydrogens is 523 g/mol. The fourth-order valence-corrected chi connectivity index (χ4v) is 4.43. The van der Waals surface area contributed by atoms with Gasteiger partial charge in [0.05, 0.1) is 5.69 Å². The van der Waals surface area contributed by atoms with Crippen LogP contribution in [0.2, 0.25) is 0 Å². The molecule has 0 aliphatic carbocycles. The highest BCUT2D eigenvalue weighted by Gasteiger charge is 2.68. The molecule has 4 aromatic rings. The topological polar surface area (TPSA) is 127 Å². The molecule has 0 atom stereocenters. The van der Waals surface area contributed by atoms with Crippen LogP contribution < -0.4 is 4.72 Å². The van der Waals surface area contributed by atoms with Crippen LogP contribution in [0.15, 0.2) is 53.1 Å². The van der Waals surface area contributed by atoms with E-state index in [1.54, 1.807) is 31.2 Å². The lowest BCUT2D eigenvalue weighted by atomic mass is 9.96. The van der Waals surface area contributed by atoms with Gasteiger partial charge in [-0.1, -0.05) is 67.0 Å². The molecule has 0 amide bonds. The van der Waals surface area contributed by atoms with Crippen LogP contribution in [0, 0.1) is 0 Å². The van der Waals surface area contributed by atoms with Crippen molar-refractivity contribution in [2.75, 3.05) is 4.72 Å². The fraction of sp³-hybridized carbons (Fsp3) is 0.273. The fourth-order valence-electron chi connectivity index (χ4n) is 3.60. The van der Waals surface area contributed by atoms with E-state index in [2.05, 4.69) is 25.8 Å². The van der Waals surface area contributed by atoms with Crippen LogP contribution in [0.25, 0.3) is 22.5 Å². The van der Waals surface area contributed by atoms with Crippen LogP contribution in [0.1, 0.15) is 30.2 Å². The molecule has 0 aliphatic rings. The van der Waals surface area contributed by atoms with E-state index >= 15 is 0 Å². The molecule has 0 saturated carbocycles. The van der Waals surface area contributed by atoms with Crippen molar-refractivity contribution in [3.05, 3.63) is 65.4 Å². The number of anilines is 1. The molecule has 0 spiro atoms. The van der Waals surface area contributed by atoms with Crippen molar-refractivity contribution >= 4 is 15.9 Å². The monoisotopic (exact) mass is 542 g/mol. The number of tetrazole rings is 1. The van der Waals surface area contributed by atoms with Crippen LogP contribution in [-0.4, -0.2) is 45.6 Å². The van der Waals surface area contributed by atoms with Gasteiger partial charge in [-0.2, -0.15) is 30.4 Å². The Labute approximate surface area is 207 Å². The first-order chi connectivity index (χ1) is 17.4. The van der Waals surface area contributed by atoms with Gasteiger partial charge in [-0.05, 0) is 33.5 Å². The van der Waals surface area contributed by atoms with E-state index in [4.69, 9.17) is 4.52 Å². The quantitative estimate of drug-likeness (QED) is 0.286. The van der Waals surface area contributed by atoms with Gasteiger partial charge in [-0.15, -0.1) is 5.10 Å². The van der Waals surface area contributed by atoms with Gasteiger partial charge in [-0.25, -0.2) is 9.82 Å². The molecule has 2 heterocycles. The molecular formula is C22H19F5N6O3S. The molecule has 0 unspecified atom stereocenters. The van der Waals surface area contributed by atoms with Crippen molar-refractivity contribution in [2.45, 2.75) is 37.6 Å². The van der Waals surface area contributed by atoms with Crippen molar-refractivity contribution in [3.63, 3.8) is 0 Å².